The molecule has 1 amide bonds. The molecular weight excluding hydrogens is 456 g/mol. The molecule has 0 saturated carbocycles. The van der Waals surface area contributed by atoms with E-state index in [4.69, 9.17) is 9.47 Å². The van der Waals surface area contributed by atoms with Crippen LogP contribution in [0.15, 0.2) is 54.1 Å². The number of amides is 1. The highest BCUT2D eigenvalue weighted by molar-refractivity contribution is 6.46. The number of carbonyl (C=O) groups excluding carboxylic acids is 2. The van der Waals surface area contributed by atoms with Crippen LogP contribution < -0.4 is 4.74 Å². The molecule has 0 aromatic heterocycles. The highest BCUT2D eigenvalue weighted by Crippen LogP contribution is 2.39. The minimum Gasteiger partial charge on any atom is -0.507 e. The highest BCUT2D eigenvalue weighted by atomic mass is 16.5. The maximum Gasteiger partial charge on any atom is 0.295 e. The summed E-state index contributed by atoms with van der Waals surface area (Å²) >= 11 is 0. The molecule has 7 heteroatoms. The quantitative estimate of drug-likeness (QED) is 0.323. The Morgan fingerprint density at radius 1 is 1.03 bits per heavy atom. The zero-order chi connectivity index (χ0) is 25.7. The van der Waals surface area contributed by atoms with Crippen molar-refractivity contribution in [3.63, 3.8) is 0 Å². The van der Waals surface area contributed by atoms with Gasteiger partial charge in [0.15, 0.2) is 0 Å². The van der Waals surface area contributed by atoms with Gasteiger partial charge in [-0.05, 0) is 47.7 Å². The Labute approximate surface area is 213 Å². The van der Waals surface area contributed by atoms with Gasteiger partial charge in [-0.3, -0.25) is 14.5 Å². The van der Waals surface area contributed by atoms with Gasteiger partial charge in [0, 0.05) is 31.7 Å². The monoisotopic (exact) mass is 492 g/mol. The number of aryl methyl sites for hydroxylation is 1. The molecule has 2 aromatic carbocycles. The molecule has 1 atom stereocenters. The lowest BCUT2D eigenvalue weighted by molar-refractivity contribution is -0.140. The van der Waals surface area contributed by atoms with E-state index in [1.54, 1.807) is 29.2 Å². The van der Waals surface area contributed by atoms with Crippen LogP contribution in [0.2, 0.25) is 0 Å². The number of likely N-dealkylation sites (tertiary alicyclic amines) is 1. The molecule has 2 aliphatic heterocycles. The number of nitrogens with zero attached hydrogens (tertiary/aromatic N) is 2. The Bertz CT molecular complexity index is 1090. The number of rotatable bonds is 9. The van der Waals surface area contributed by atoms with Crippen molar-refractivity contribution < 1.29 is 24.2 Å². The van der Waals surface area contributed by atoms with E-state index in [1.807, 2.05) is 24.3 Å². The number of aliphatic hydroxyl groups excluding tert-OH is 1. The number of hydrogen-bond donors (Lipinski definition) is 1. The number of ether oxygens (including phenoxy) is 2. The third-order valence-corrected chi connectivity index (χ3v) is 6.72. The van der Waals surface area contributed by atoms with Gasteiger partial charge in [-0.1, -0.05) is 45.0 Å². The van der Waals surface area contributed by atoms with Crippen LogP contribution in [0.5, 0.6) is 5.75 Å². The number of morpholine rings is 1. The molecular formula is C29H36N2O5. The van der Waals surface area contributed by atoms with E-state index in [1.165, 1.54) is 5.56 Å². The largest absolute Gasteiger partial charge is 0.507 e. The Morgan fingerprint density at radius 2 is 1.69 bits per heavy atom. The number of carbonyl (C=O) groups is 2. The van der Waals surface area contributed by atoms with Crippen LogP contribution in [0, 0.1) is 5.92 Å². The molecule has 0 bridgehead atoms. The summed E-state index contributed by atoms with van der Waals surface area (Å²) in [7, 11) is 0. The molecule has 2 saturated heterocycles. The van der Waals surface area contributed by atoms with Crippen LogP contribution in [0.1, 0.15) is 43.5 Å². The maximum absolute atomic E-state index is 13.3. The van der Waals surface area contributed by atoms with E-state index in [0.29, 0.717) is 50.1 Å². The Morgan fingerprint density at radius 3 is 2.31 bits per heavy atom. The van der Waals surface area contributed by atoms with Gasteiger partial charge < -0.3 is 19.5 Å². The van der Waals surface area contributed by atoms with Crippen LogP contribution in [-0.2, 0) is 20.7 Å². The zero-order valence-corrected chi connectivity index (χ0v) is 21.4. The molecule has 0 aliphatic carbocycles. The molecule has 2 aliphatic rings. The van der Waals surface area contributed by atoms with Gasteiger partial charge in [-0.15, -0.1) is 0 Å². The molecule has 2 heterocycles. The van der Waals surface area contributed by atoms with Gasteiger partial charge in [0.05, 0.1) is 31.4 Å². The van der Waals surface area contributed by atoms with Gasteiger partial charge >= 0.3 is 0 Å². The topological polar surface area (TPSA) is 79.3 Å². The van der Waals surface area contributed by atoms with Gasteiger partial charge in [0.2, 0.25) is 0 Å². The fourth-order valence-corrected chi connectivity index (χ4v) is 4.59. The Kier molecular flexibility index (Phi) is 8.44. The molecule has 0 spiro atoms. The van der Waals surface area contributed by atoms with Crippen molar-refractivity contribution in [1.29, 1.82) is 0 Å². The van der Waals surface area contributed by atoms with Crippen molar-refractivity contribution >= 4 is 17.4 Å². The second-order valence-electron chi connectivity index (χ2n) is 9.77. The molecule has 0 radical (unpaired) electrons. The summed E-state index contributed by atoms with van der Waals surface area (Å²) in [5.74, 6) is -0.309. The minimum atomic E-state index is -0.654. The van der Waals surface area contributed by atoms with E-state index < -0.39 is 17.7 Å². The van der Waals surface area contributed by atoms with Gasteiger partial charge in [0.1, 0.15) is 11.5 Å². The van der Waals surface area contributed by atoms with Crippen molar-refractivity contribution in [2.45, 2.75) is 33.2 Å². The van der Waals surface area contributed by atoms with Crippen molar-refractivity contribution in [3.8, 4) is 5.75 Å². The second-order valence-corrected chi connectivity index (χ2v) is 9.77. The molecule has 192 valence electrons. The number of ketones is 1. The standard InChI is InChI=1S/C29H36N2O5/c1-4-21-5-7-22(8-6-21)26-25(27(32)23-9-11-24(12-10-23)36-19-20(2)3)28(33)29(34)31(26)14-13-30-15-17-35-18-16-30/h5-12,20,26,32H,4,13-19H2,1-3H3/t26-/m1/s1. The van der Waals surface area contributed by atoms with E-state index in [-0.39, 0.29) is 11.3 Å². The summed E-state index contributed by atoms with van der Waals surface area (Å²) < 4.78 is 11.2. The lowest BCUT2D eigenvalue weighted by atomic mass is 9.94. The summed E-state index contributed by atoms with van der Waals surface area (Å²) in [6.07, 6.45) is 0.892. The fraction of sp³-hybridized carbons (Fsp3) is 0.448. The summed E-state index contributed by atoms with van der Waals surface area (Å²) in [6.45, 7) is 10.8. The smallest absolute Gasteiger partial charge is 0.295 e. The number of hydrogen-bond acceptors (Lipinski definition) is 6. The lowest BCUT2D eigenvalue weighted by Gasteiger charge is -2.31. The van der Waals surface area contributed by atoms with Gasteiger partial charge in [-0.2, -0.15) is 0 Å². The molecule has 2 fully saturated rings. The lowest BCUT2D eigenvalue weighted by Crippen LogP contribution is -2.42. The summed E-state index contributed by atoms with van der Waals surface area (Å²) in [6, 6.07) is 14.3. The first kappa shape index (κ1) is 25.9. The van der Waals surface area contributed by atoms with Crippen LogP contribution in [-0.4, -0.2) is 72.6 Å². The molecule has 2 aromatic rings. The Balaban J connectivity index is 1.67. The number of benzene rings is 2. The van der Waals surface area contributed by atoms with Gasteiger partial charge in [0.25, 0.3) is 11.7 Å². The van der Waals surface area contributed by atoms with Gasteiger partial charge in [-0.25, -0.2) is 0 Å². The number of aliphatic hydroxyl groups is 1. The average Bonchev–Trinajstić information content (AvgIpc) is 3.16. The van der Waals surface area contributed by atoms with E-state index in [0.717, 1.165) is 25.1 Å². The van der Waals surface area contributed by atoms with E-state index in [9.17, 15) is 14.7 Å². The fourth-order valence-electron chi connectivity index (χ4n) is 4.59. The first-order valence-corrected chi connectivity index (χ1v) is 12.8. The summed E-state index contributed by atoms with van der Waals surface area (Å²) in [5.41, 5.74) is 2.59. The Hall–Kier alpha value is -3.16. The molecule has 1 N–H and O–H groups in total. The van der Waals surface area contributed by atoms with Crippen LogP contribution in [0.4, 0.5) is 0 Å². The minimum absolute atomic E-state index is 0.127. The predicted molar refractivity (Wildman–Crippen MR) is 139 cm³/mol. The maximum atomic E-state index is 13.3. The third-order valence-electron chi connectivity index (χ3n) is 6.72. The van der Waals surface area contributed by atoms with Crippen molar-refractivity contribution in [1.82, 2.24) is 9.80 Å². The van der Waals surface area contributed by atoms with E-state index in [2.05, 4.69) is 25.7 Å². The summed E-state index contributed by atoms with van der Waals surface area (Å²) in [5, 5.41) is 11.3. The molecule has 36 heavy (non-hydrogen) atoms. The van der Waals surface area contributed by atoms with Crippen molar-refractivity contribution in [2.75, 3.05) is 46.0 Å². The SMILES string of the molecule is CCc1ccc([C@@H]2C(=C(O)c3ccc(OCC(C)C)cc3)C(=O)C(=O)N2CCN2CCOCC2)cc1. The normalized spacial score (nSPS) is 20.3. The second kappa shape index (κ2) is 11.7. The van der Waals surface area contributed by atoms with Crippen LogP contribution >= 0.6 is 0 Å². The average molecular weight is 493 g/mol. The molecule has 0 unspecified atom stereocenters. The van der Waals surface area contributed by atoms with Crippen molar-refractivity contribution in [3.05, 3.63) is 70.8 Å². The first-order valence-electron chi connectivity index (χ1n) is 12.8. The summed E-state index contributed by atoms with van der Waals surface area (Å²) in [4.78, 5) is 30.3. The van der Waals surface area contributed by atoms with Crippen LogP contribution in [0.3, 0.4) is 0 Å². The zero-order valence-electron chi connectivity index (χ0n) is 21.4. The first-order chi connectivity index (χ1) is 17.4. The van der Waals surface area contributed by atoms with Crippen LogP contribution in [0.25, 0.3) is 5.76 Å². The molecule has 4 rings (SSSR count). The van der Waals surface area contributed by atoms with E-state index >= 15 is 0 Å². The van der Waals surface area contributed by atoms with Crippen molar-refractivity contribution in [2.24, 2.45) is 5.92 Å². The molecule has 7 nitrogen and oxygen atoms in total. The third kappa shape index (κ3) is 5.79. The predicted octanol–water partition coefficient (Wildman–Crippen LogP) is 4.04. The highest BCUT2D eigenvalue weighted by Gasteiger charge is 2.46. The number of Topliss-reactive ketones (excluding diaryl/α,β-unsaturated/α-hetero) is 1.